The summed E-state index contributed by atoms with van der Waals surface area (Å²) in [5, 5.41) is 0. The molecule has 0 radical (unpaired) electrons. The van der Waals surface area contributed by atoms with Crippen molar-refractivity contribution in [2.24, 2.45) is 0 Å². The molecule has 0 heterocycles. The molecule has 6 nitrogen and oxygen atoms in total. The first-order chi connectivity index (χ1) is 9.24. The van der Waals surface area contributed by atoms with Crippen LogP contribution >= 0.6 is 0 Å². The topological polar surface area (TPSA) is 99.5 Å². The van der Waals surface area contributed by atoms with Crippen LogP contribution in [0.3, 0.4) is 0 Å². The van der Waals surface area contributed by atoms with Gasteiger partial charge in [-0.05, 0) is 27.7 Å². The van der Waals surface area contributed by atoms with Crippen LogP contribution in [0.25, 0.3) is 0 Å². The molecule has 0 atom stereocenters. The number of quaternary nitrogens is 1. The molecule has 0 saturated carbocycles. The van der Waals surface area contributed by atoms with Crippen molar-refractivity contribution < 1.29 is 45.1 Å². The van der Waals surface area contributed by atoms with Gasteiger partial charge in [-0.1, -0.05) is 0 Å². The maximum Gasteiger partial charge on any atom is 0 e. The van der Waals surface area contributed by atoms with Gasteiger partial charge < -0.3 is 4.48 Å². The van der Waals surface area contributed by atoms with Crippen LogP contribution in [0.2, 0.25) is 0 Å². The zero-order valence-corrected chi connectivity index (χ0v) is 13.5. The van der Waals surface area contributed by atoms with Crippen molar-refractivity contribution in [3.05, 3.63) is 33.3 Å². The smallest absolute Gasteiger partial charge is 0 e. The Morgan fingerprint density at radius 2 is 0.600 bits per heavy atom. The summed E-state index contributed by atoms with van der Waals surface area (Å²) in [7, 11) is 0. The normalized spacial score (nSPS) is 5.90. The van der Waals surface area contributed by atoms with E-state index in [1.807, 2.05) is 0 Å². The Morgan fingerprint density at radius 1 is 0.500 bits per heavy atom. The molecule has 0 aliphatic carbocycles. The first-order valence-electron chi connectivity index (χ1n) is 5.11. The van der Waals surface area contributed by atoms with Gasteiger partial charge in [0.25, 0.3) is 0 Å². The van der Waals surface area contributed by atoms with E-state index in [0.29, 0.717) is 0 Å². The van der Waals surface area contributed by atoms with Crippen LogP contribution in [0.15, 0.2) is 0 Å². The van der Waals surface area contributed by atoms with Crippen LogP contribution in [-0.4, -0.2) is 30.7 Å². The standard InChI is InChI=1S/C8H20N.5CO.Cr/c1-5-9(6-2,7-3)8-4;5*1-2;/h5-8H2,1-4H3;;;;;;/q+1;;;;;;. The van der Waals surface area contributed by atoms with Crippen LogP contribution in [-0.2, 0) is 40.6 Å². The fourth-order valence-corrected chi connectivity index (χ4v) is 1.34. The van der Waals surface area contributed by atoms with Crippen LogP contribution in [0.1, 0.15) is 27.7 Å². The van der Waals surface area contributed by atoms with Gasteiger partial charge in [-0.2, -0.15) is 0 Å². The van der Waals surface area contributed by atoms with E-state index in [1.165, 1.54) is 30.7 Å². The summed E-state index contributed by atoms with van der Waals surface area (Å²) < 4.78 is 38.8. The van der Waals surface area contributed by atoms with Crippen molar-refractivity contribution in [2.75, 3.05) is 26.2 Å². The van der Waals surface area contributed by atoms with Crippen LogP contribution in [0.5, 0.6) is 0 Å². The molecule has 0 amide bonds. The molecule has 0 spiro atoms. The van der Waals surface area contributed by atoms with Gasteiger partial charge in [-0.15, -0.1) is 0 Å². The summed E-state index contributed by atoms with van der Waals surface area (Å²) >= 11 is 0. The van der Waals surface area contributed by atoms with Crippen molar-refractivity contribution in [2.45, 2.75) is 27.7 Å². The SMILES string of the molecule is CC[N+](CC)(CC)CC.[C-]#[O+].[C-]#[O+].[C-]#[O+].[C-]#[O+].[C-]#[O+].[Cr]. The molecule has 7 heteroatoms. The zero-order valence-electron chi connectivity index (χ0n) is 12.2. The Balaban J connectivity index is -0.0000000261. The number of rotatable bonds is 4. The van der Waals surface area contributed by atoms with Gasteiger partial charge in [0.1, 0.15) is 0 Å². The van der Waals surface area contributed by atoms with Crippen molar-refractivity contribution in [1.29, 1.82) is 0 Å². The second-order valence-corrected chi connectivity index (χ2v) is 2.61. The van der Waals surface area contributed by atoms with Gasteiger partial charge in [0.15, 0.2) is 0 Å². The van der Waals surface area contributed by atoms with Gasteiger partial charge in [0.05, 0.1) is 26.2 Å². The molecule has 0 saturated heterocycles. The third-order valence-electron chi connectivity index (χ3n) is 2.68. The molecular formula is C13H20CrNO5+. The summed E-state index contributed by atoms with van der Waals surface area (Å²) in [6.07, 6.45) is 0. The Labute approximate surface area is 132 Å². The van der Waals surface area contributed by atoms with Gasteiger partial charge >= 0.3 is 56.5 Å². The van der Waals surface area contributed by atoms with E-state index in [4.69, 9.17) is 23.3 Å². The summed E-state index contributed by atoms with van der Waals surface area (Å²) in [6.45, 7) is 36.7. The molecule has 0 N–H and O–H groups in total. The fraction of sp³-hybridized carbons (Fsp3) is 0.615. The van der Waals surface area contributed by atoms with Crippen LogP contribution in [0.4, 0.5) is 0 Å². The molecule has 20 heavy (non-hydrogen) atoms. The largest absolute Gasteiger partial charge is 0 e. The maximum absolute atomic E-state index is 7.50. The Kier molecular flexibility index (Phi) is 136. The molecular weight excluding hydrogens is 302 g/mol. The molecule has 0 aromatic carbocycles. The maximum atomic E-state index is 7.50. The predicted molar refractivity (Wildman–Crippen MR) is 62.1 cm³/mol. The van der Waals surface area contributed by atoms with Crippen LogP contribution < -0.4 is 0 Å². The van der Waals surface area contributed by atoms with E-state index < -0.39 is 0 Å². The first kappa shape index (κ1) is 42.7. The fourth-order valence-electron chi connectivity index (χ4n) is 1.34. The molecule has 0 aliphatic rings. The second-order valence-electron chi connectivity index (χ2n) is 2.61. The molecule has 0 unspecified atom stereocenters. The minimum absolute atomic E-state index is 0. The number of hydrogen-bond donors (Lipinski definition) is 0. The Bertz CT molecular complexity index is 177. The second kappa shape index (κ2) is 63.6. The van der Waals surface area contributed by atoms with Crippen molar-refractivity contribution in [1.82, 2.24) is 0 Å². The molecule has 0 aromatic heterocycles. The average molecular weight is 322 g/mol. The quantitative estimate of drug-likeness (QED) is 0.427. The zero-order chi connectivity index (χ0) is 17.3. The Hall–Kier alpha value is -0.808. The third-order valence-corrected chi connectivity index (χ3v) is 2.68. The van der Waals surface area contributed by atoms with E-state index in [9.17, 15) is 0 Å². The first-order valence-corrected chi connectivity index (χ1v) is 5.11. The van der Waals surface area contributed by atoms with Gasteiger partial charge in [-0.3, -0.25) is 0 Å². The monoisotopic (exact) mass is 322 g/mol. The van der Waals surface area contributed by atoms with E-state index in [-0.39, 0.29) is 17.4 Å². The van der Waals surface area contributed by atoms with Gasteiger partial charge in [-0.25, -0.2) is 0 Å². The van der Waals surface area contributed by atoms with Crippen molar-refractivity contribution in [3.63, 3.8) is 0 Å². The minimum Gasteiger partial charge on any atom is 0 e. The van der Waals surface area contributed by atoms with Gasteiger partial charge in [0.2, 0.25) is 0 Å². The molecule has 0 fully saturated rings. The van der Waals surface area contributed by atoms with Crippen molar-refractivity contribution >= 4 is 0 Å². The Morgan fingerprint density at radius 3 is 0.600 bits per heavy atom. The summed E-state index contributed by atoms with van der Waals surface area (Å²) in [6, 6.07) is 0. The minimum atomic E-state index is 0. The van der Waals surface area contributed by atoms with E-state index >= 15 is 0 Å². The van der Waals surface area contributed by atoms with Crippen molar-refractivity contribution in [3.8, 4) is 0 Å². The molecule has 0 bridgehead atoms. The number of nitrogens with zero attached hydrogens (tertiary/aromatic N) is 1. The van der Waals surface area contributed by atoms with Crippen LogP contribution in [0, 0.1) is 33.3 Å². The molecule has 0 rings (SSSR count). The van der Waals surface area contributed by atoms with E-state index in [1.54, 1.807) is 0 Å². The molecule has 0 aliphatic heterocycles. The number of hydrogen-bond acceptors (Lipinski definition) is 0. The molecule has 112 valence electrons. The van der Waals surface area contributed by atoms with E-state index in [2.05, 4.69) is 60.9 Å². The predicted octanol–water partition coefficient (Wildman–Crippen LogP) is 1.69. The van der Waals surface area contributed by atoms with Gasteiger partial charge in [0, 0.05) is 17.4 Å². The summed E-state index contributed by atoms with van der Waals surface area (Å²) in [4.78, 5) is 0. The summed E-state index contributed by atoms with van der Waals surface area (Å²) in [5.74, 6) is 0. The average Bonchev–Trinajstić information content (AvgIpc) is 2.59. The summed E-state index contributed by atoms with van der Waals surface area (Å²) in [5.41, 5.74) is 0. The molecule has 0 aromatic rings. The van der Waals surface area contributed by atoms with E-state index in [0.717, 1.165) is 0 Å². The third kappa shape index (κ3) is 36.0.